The molecule has 1 amide bonds. The lowest BCUT2D eigenvalue weighted by Crippen LogP contribution is -2.14. The van der Waals surface area contributed by atoms with Crippen LogP contribution in [0.2, 0.25) is 0 Å². The second-order valence-corrected chi connectivity index (χ2v) is 4.83. The summed E-state index contributed by atoms with van der Waals surface area (Å²) in [6.07, 6.45) is 2.98. The van der Waals surface area contributed by atoms with E-state index in [0.717, 1.165) is 17.7 Å². The van der Waals surface area contributed by atoms with Crippen molar-refractivity contribution < 1.29 is 13.6 Å². The average molecular weight is 314 g/mol. The quantitative estimate of drug-likeness (QED) is 0.805. The number of rotatable bonds is 4. The smallest absolute Gasteiger partial charge is 0.255 e. The Labute approximate surface area is 130 Å². The van der Waals surface area contributed by atoms with Crippen molar-refractivity contribution in [2.75, 3.05) is 5.32 Å². The van der Waals surface area contributed by atoms with Crippen molar-refractivity contribution in [3.05, 3.63) is 77.9 Å². The van der Waals surface area contributed by atoms with Crippen molar-refractivity contribution in [1.82, 2.24) is 14.8 Å². The van der Waals surface area contributed by atoms with Gasteiger partial charge < -0.3 is 5.32 Å². The SMILES string of the molecule is O=C(Nc1ccccc1Cn1cncn1)c1ccc(F)c(F)c1. The lowest BCUT2D eigenvalue weighted by molar-refractivity contribution is 0.102. The fraction of sp³-hybridized carbons (Fsp3) is 0.0625. The molecule has 0 saturated heterocycles. The molecule has 23 heavy (non-hydrogen) atoms. The topological polar surface area (TPSA) is 59.8 Å². The van der Waals surface area contributed by atoms with Gasteiger partial charge in [0.25, 0.3) is 5.91 Å². The fourth-order valence-electron chi connectivity index (χ4n) is 2.10. The zero-order valence-corrected chi connectivity index (χ0v) is 11.9. The van der Waals surface area contributed by atoms with Crippen molar-refractivity contribution in [1.29, 1.82) is 0 Å². The molecule has 2 aromatic carbocycles. The molecular formula is C16H12F2N4O. The average Bonchev–Trinajstić information content (AvgIpc) is 3.05. The molecule has 0 atom stereocenters. The fourth-order valence-corrected chi connectivity index (χ4v) is 2.10. The zero-order chi connectivity index (χ0) is 16.2. The Morgan fingerprint density at radius 2 is 1.96 bits per heavy atom. The van der Waals surface area contributed by atoms with Gasteiger partial charge in [0.15, 0.2) is 11.6 Å². The van der Waals surface area contributed by atoms with Crippen LogP contribution in [-0.2, 0) is 6.54 Å². The van der Waals surface area contributed by atoms with Crippen molar-refractivity contribution in [2.45, 2.75) is 6.54 Å². The van der Waals surface area contributed by atoms with E-state index >= 15 is 0 Å². The highest BCUT2D eigenvalue weighted by Crippen LogP contribution is 2.18. The van der Waals surface area contributed by atoms with E-state index < -0.39 is 17.5 Å². The maximum Gasteiger partial charge on any atom is 0.255 e. The molecule has 0 fully saturated rings. The number of carbonyl (C=O) groups excluding carboxylic acids is 1. The van der Waals surface area contributed by atoms with E-state index in [-0.39, 0.29) is 5.56 Å². The number of amides is 1. The molecule has 0 radical (unpaired) electrons. The van der Waals surface area contributed by atoms with Gasteiger partial charge in [0.2, 0.25) is 0 Å². The minimum absolute atomic E-state index is 0.0412. The van der Waals surface area contributed by atoms with Gasteiger partial charge in [-0.2, -0.15) is 5.10 Å². The van der Waals surface area contributed by atoms with E-state index in [1.54, 1.807) is 23.1 Å². The largest absolute Gasteiger partial charge is 0.322 e. The monoisotopic (exact) mass is 314 g/mol. The van der Waals surface area contributed by atoms with Gasteiger partial charge in [-0.15, -0.1) is 0 Å². The molecule has 3 aromatic rings. The van der Waals surface area contributed by atoms with Crippen LogP contribution >= 0.6 is 0 Å². The minimum atomic E-state index is -1.06. The second kappa shape index (κ2) is 6.35. The number of carbonyl (C=O) groups is 1. The Bertz CT molecular complexity index is 834. The summed E-state index contributed by atoms with van der Waals surface area (Å²) in [6, 6.07) is 10.2. The molecule has 3 rings (SSSR count). The Balaban J connectivity index is 1.82. The van der Waals surface area contributed by atoms with Crippen LogP contribution in [0.5, 0.6) is 0 Å². The summed E-state index contributed by atoms with van der Waals surface area (Å²) in [4.78, 5) is 16.1. The molecule has 0 aliphatic heterocycles. The third-order valence-corrected chi connectivity index (χ3v) is 3.25. The van der Waals surface area contributed by atoms with Crippen LogP contribution in [0.25, 0.3) is 0 Å². The minimum Gasteiger partial charge on any atom is -0.322 e. The molecule has 0 unspecified atom stereocenters. The maximum atomic E-state index is 13.2. The number of nitrogens with zero attached hydrogens (tertiary/aromatic N) is 3. The number of para-hydroxylation sites is 1. The number of hydrogen-bond acceptors (Lipinski definition) is 3. The van der Waals surface area contributed by atoms with Gasteiger partial charge in [0.05, 0.1) is 6.54 Å². The summed E-state index contributed by atoms with van der Waals surface area (Å²) in [6.45, 7) is 0.425. The number of anilines is 1. The second-order valence-electron chi connectivity index (χ2n) is 4.83. The zero-order valence-electron chi connectivity index (χ0n) is 11.9. The molecule has 5 nitrogen and oxygen atoms in total. The Morgan fingerprint density at radius 3 is 2.70 bits per heavy atom. The summed E-state index contributed by atoms with van der Waals surface area (Å²) in [5, 5.41) is 6.71. The van der Waals surface area contributed by atoms with E-state index in [1.165, 1.54) is 12.4 Å². The van der Waals surface area contributed by atoms with E-state index in [9.17, 15) is 13.6 Å². The number of aromatic nitrogens is 3. The number of halogens is 2. The molecule has 0 aliphatic carbocycles. The molecular weight excluding hydrogens is 302 g/mol. The van der Waals surface area contributed by atoms with Crippen LogP contribution in [0.4, 0.5) is 14.5 Å². The number of hydrogen-bond donors (Lipinski definition) is 1. The molecule has 0 saturated carbocycles. The van der Waals surface area contributed by atoms with Crippen LogP contribution in [0, 0.1) is 11.6 Å². The summed E-state index contributed by atoms with van der Waals surface area (Å²) < 4.78 is 27.8. The first-order valence-electron chi connectivity index (χ1n) is 6.80. The van der Waals surface area contributed by atoms with Crippen LogP contribution in [0.3, 0.4) is 0 Å². The highest BCUT2D eigenvalue weighted by atomic mass is 19.2. The van der Waals surface area contributed by atoms with Crippen LogP contribution in [0.1, 0.15) is 15.9 Å². The highest BCUT2D eigenvalue weighted by Gasteiger charge is 2.12. The molecule has 116 valence electrons. The summed E-state index contributed by atoms with van der Waals surface area (Å²) in [5.74, 6) is -2.57. The Morgan fingerprint density at radius 1 is 1.13 bits per heavy atom. The van der Waals surface area contributed by atoms with Crippen LogP contribution < -0.4 is 5.32 Å². The van der Waals surface area contributed by atoms with Crippen molar-refractivity contribution in [2.24, 2.45) is 0 Å². The van der Waals surface area contributed by atoms with Gasteiger partial charge in [-0.05, 0) is 29.8 Å². The normalized spacial score (nSPS) is 10.5. The first-order chi connectivity index (χ1) is 11.1. The summed E-state index contributed by atoms with van der Waals surface area (Å²) in [5.41, 5.74) is 1.42. The molecule has 1 aromatic heterocycles. The molecule has 7 heteroatoms. The third kappa shape index (κ3) is 3.39. The van der Waals surface area contributed by atoms with E-state index in [1.807, 2.05) is 12.1 Å². The molecule has 0 aliphatic rings. The maximum absolute atomic E-state index is 13.2. The predicted molar refractivity (Wildman–Crippen MR) is 79.9 cm³/mol. The Kier molecular flexibility index (Phi) is 4.09. The summed E-state index contributed by atoms with van der Waals surface area (Å²) >= 11 is 0. The van der Waals surface area contributed by atoms with Crippen molar-refractivity contribution >= 4 is 11.6 Å². The van der Waals surface area contributed by atoms with Gasteiger partial charge in [0.1, 0.15) is 12.7 Å². The van der Waals surface area contributed by atoms with Gasteiger partial charge in [-0.3, -0.25) is 4.79 Å². The lowest BCUT2D eigenvalue weighted by atomic mass is 10.1. The van der Waals surface area contributed by atoms with E-state index in [0.29, 0.717) is 12.2 Å². The van der Waals surface area contributed by atoms with Gasteiger partial charge in [-0.25, -0.2) is 18.4 Å². The van der Waals surface area contributed by atoms with E-state index in [2.05, 4.69) is 15.4 Å². The first kappa shape index (κ1) is 14.8. The van der Waals surface area contributed by atoms with Gasteiger partial charge in [0, 0.05) is 11.3 Å². The lowest BCUT2D eigenvalue weighted by Gasteiger charge is -2.11. The van der Waals surface area contributed by atoms with Crippen LogP contribution in [0.15, 0.2) is 55.1 Å². The molecule has 0 bridgehead atoms. The molecule has 1 N–H and O–H groups in total. The van der Waals surface area contributed by atoms with Gasteiger partial charge >= 0.3 is 0 Å². The van der Waals surface area contributed by atoms with Crippen molar-refractivity contribution in [3.8, 4) is 0 Å². The predicted octanol–water partition coefficient (Wildman–Crippen LogP) is 2.86. The third-order valence-electron chi connectivity index (χ3n) is 3.25. The molecule has 1 heterocycles. The number of nitrogens with one attached hydrogen (secondary N) is 1. The van der Waals surface area contributed by atoms with Crippen LogP contribution in [-0.4, -0.2) is 20.7 Å². The molecule has 0 spiro atoms. The standard InChI is InChI=1S/C16H12F2N4O/c17-13-6-5-11(7-14(13)18)16(23)21-15-4-2-1-3-12(15)8-22-10-19-9-20-22/h1-7,9-10H,8H2,(H,21,23). The highest BCUT2D eigenvalue weighted by molar-refractivity contribution is 6.04. The van der Waals surface area contributed by atoms with Crippen molar-refractivity contribution in [3.63, 3.8) is 0 Å². The number of benzene rings is 2. The van der Waals surface area contributed by atoms with Gasteiger partial charge in [-0.1, -0.05) is 18.2 Å². The summed E-state index contributed by atoms with van der Waals surface area (Å²) in [7, 11) is 0. The Hall–Kier alpha value is -3.09. The first-order valence-corrected chi connectivity index (χ1v) is 6.80. The van der Waals surface area contributed by atoms with E-state index in [4.69, 9.17) is 0 Å².